The molecule has 8 nitrogen and oxygen atoms in total. The molecule has 0 fully saturated rings. The smallest absolute Gasteiger partial charge is 0.419 e. The van der Waals surface area contributed by atoms with Crippen LogP contribution in [0.5, 0.6) is 5.75 Å². The molecule has 2 aromatic carbocycles. The summed E-state index contributed by atoms with van der Waals surface area (Å²) in [6.07, 6.45) is 0.387. The van der Waals surface area contributed by atoms with E-state index < -0.39 is 29.6 Å². The van der Waals surface area contributed by atoms with Gasteiger partial charge in [-0.15, -0.1) is 0 Å². The maximum Gasteiger partial charge on any atom is 0.419 e. The molecule has 3 atom stereocenters. The van der Waals surface area contributed by atoms with Crippen molar-refractivity contribution in [1.82, 2.24) is 4.57 Å². The third-order valence-electron chi connectivity index (χ3n) is 6.32. The van der Waals surface area contributed by atoms with Crippen LogP contribution in [0.15, 0.2) is 48.5 Å². The SMILES string of the molecule is COc1ccc2c(c1)c1c(n2C(=O)OC(C)(C)C)C[C@@H](c2ccccc2)[C@H]([N+](=O)[O-])[C@H]1CC=O. The lowest BCUT2D eigenvalue weighted by atomic mass is 9.71. The molecule has 0 radical (unpaired) electrons. The lowest BCUT2D eigenvalue weighted by molar-refractivity contribution is -0.532. The minimum atomic E-state index is -1.02. The molecule has 0 spiro atoms. The third kappa shape index (κ3) is 4.16. The first kappa shape index (κ1) is 23.5. The molecule has 1 aliphatic carbocycles. The average Bonchev–Trinajstić information content (AvgIpc) is 3.11. The summed E-state index contributed by atoms with van der Waals surface area (Å²) >= 11 is 0. The van der Waals surface area contributed by atoms with E-state index in [-0.39, 0.29) is 17.8 Å². The zero-order chi connectivity index (χ0) is 24.6. The summed E-state index contributed by atoms with van der Waals surface area (Å²) in [5, 5.41) is 13.0. The van der Waals surface area contributed by atoms with Crippen LogP contribution in [-0.4, -0.2) is 40.6 Å². The number of aromatic nitrogens is 1. The number of carbonyl (C=O) groups is 2. The first-order chi connectivity index (χ1) is 16.2. The number of nitrogens with zero attached hydrogens (tertiary/aromatic N) is 2. The van der Waals surface area contributed by atoms with E-state index in [0.717, 1.165) is 11.8 Å². The van der Waals surface area contributed by atoms with Crippen molar-refractivity contribution in [3.63, 3.8) is 0 Å². The second-order valence-electron chi connectivity index (χ2n) is 9.57. The maximum absolute atomic E-state index is 13.4. The number of aldehydes is 1. The van der Waals surface area contributed by atoms with Gasteiger partial charge in [0.2, 0.25) is 6.04 Å². The highest BCUT2D eigenvalue weighted by atomic mass is 16.6. The summed E-state index contributed by atoms with van der Waals surface area (Å²) in [5.74, 6) is -0.662. The average molecular weight is 465 g/mol. The van der Waals surface area contributed by atoms with Crippen LogP contribution in [0.1, 0.15) is 55.8 Å². The van der Waals surface area contributed by atoms with Gasteiger partial charge < -0.3 is 14.3 Å². The normalized spacial score (nSPS) is 19.9. The molecule has 3 aromatic rings. The molecule has 1 aliphatic rings. The molecule has 34 heavy (non-hydrogen) atoms. The summed E-state index contributed by atoms with van der Waals surface area (Å²) in [4.78, 5) is 37.2. The zero-order valence-corrected chi connectivity index (χ0v) is 19.7. The number of nitro groups is 1. The number of hydrogen-bond donors (Lipinski definition) is 0. The van der Waals surface area contributed by atoms with E-state index in [1.807, 2.05) is 30.3 Å². The van der Waals surface area contributed by atoms with Crippen LogP contribution in [-0.2, 0) is 16.0 Å². The molecule has 0 unspecified atom stereocenters. The largest absolute Gasteiger partial charge is 0.497 e. The van der Waals surface area contributed by atoms with Gasteiger partial charge in [-0.1, -0.05) is 30.3 Å². The van der Waals surface area contributed by atoms with E-state index in [1.54, 1.807) is 39.0 Å². The fraction of sp³-hybridized carbons (Fsp3) is 0.385. The van der Waals surface area contributed by atoms with Gasteiger partial charge in [-0.25, -0.2) is 9.36 Å². The molecular weight excluding hydrogens is 436 g/mol. The topological polar surface area (TPSA) is 101 Å². The molecular formula is C26H28N2O6. The van der Waals surface area contributed by atoms with E-state index >= 15 is 0 Å². The van der Waals surface area contributed by atoms with Crippen molar-refractivity contribution in [1.29, 1.82) is 0 Å². The van der Waals surface area contributed by atoms with Crippen LogP contribution in [0.4, 0.5) is 4.79 Å². The van der Waals surface area contributed by atoms with Gasteiger partial charge in [-0.3, -0.25) is 10.1 Å². The number of carbonyl (C=O) groups excluding carboxylic acids is 2. The van der Waals surface area contributed by atoms with Crippen LogP contribution in [0.2, 0.25) is 0 Å². The van der Waals surface area contributed by atoms with Crippen molar-refractivity contribution in [2.24, 2.45) is 0 Å². The van der Waals surface area contributed by atoms with E-state index in [2.05, 4.69) is 0 Å². The molecule has 1 heterocycles. The monoisotopic (exact) mass is 464 g/mol. The van der Waals surface area contributed by atoms with Gasteiger partial charge in [0.1, 0.15) is 17.6 Å². The van der Waals surface area contributed by atoms with Crippen molar-refractivity contribution in [2.45, 2.75) is 57.1 Å². The maximum atomic E-state index is 13.4. The summed E-state index contributed by atoms with van der Waals surface area (Å²) in [6, 6.07) is 13.5. The van der Waals surface area contributed by atoms with Crippen molar-refractivity contribution < 1.29 is 24.0 Å². The van der Waals surface area contributed by atoms with Gasteiger partial charge in [0.15, 0.2) is 0 Å². The molecule has 0 saturated heterocycles. The Balaban J connectivity index is 2.03. The summed E-state index contributed by atoms with van der Waals surface area (Å²) in [5.41, 5.74) is 1.92. The number of ether oxygens (including phenoxy) is 2. The highest BCUT2D eigenvalue weighted by Gasteiger charge is 2.48. The van der Waals surface area contributed by atoms with Gasteiger partial charge >= 0.3 is 6.09 Å². The first-order valence-corrected chi connectivity index (χ1v) is 11.2. The van der Waals surface area contributed by atoms with Crippen LogP contribution >= 0.6 is 0 Å². The van der Waals surface area contributed by atoms with Crippen LogP contribution < -0.4 is 4.74 Å². The molecule has 0 bridgehead atoms. The first-order valence-electron chi connectivity index (χ1n) is 11.2. The Morgan fingerprint density at radius 3 is 2.50 bits per heavy atom. The number of methoxy groups -OCH3 is 1. The van der Waals surface area contributed by atoms with Gasteiger partial charge in [0.05, 0.1) is 24.5 Å². The number of hydrogen-bond acceptors (Lipinski definition) is 6. The quantitative estimate of drug-likeness (QED) is 0.296. The van der Waals surface area contributed by atoms with E-state index in [9.17, 15) is 19.7 Å². The fourth-order valence-corrected chi connectivity index (χ4v) is 5.06. The van der Waals surface area contributed by atoms with Crippen LogP contribution in [0, 0.1) is 10.1 Å². The Kier molecular flexibility index (Phi) is 6.17. The Labute approximate surface area is 197 Å². The molecule has 0 aliphatic heterocycles. The Morgan fingerprint density at radius 2 is 1.91 bits per heavy atom. The number of benzene rings is 2. The standard InChI is InChI=1S/C26H28N2O6/c1-26(2,3)34-25(30)27-21-11-10-17(33-4)14-20(21)23-18(12-13-29)24(28(31)32)19(15-22(23)27)16-8-6-5-7-9-16/h5-11,13-14,18-19,24H,12,15H2,1-4H3/t18-,19-,24+/m0/s1. The minimum Gasteiger partial charge on any atom is -0.497 e. The fourth-order valence-electron chi connectivity index (χ4n) is 5.06. The number of fused-ring (bicyclic) bond motifs is 3. The molecule has 0 N–H and O–H groups in total. The van der Waals surface area contributed by atoms with Crippen molar-refractivity contribution in [2.75, 3.05) is 7.11 Å². The Hall–Kier alpha value is -3.68. The van der Waals surface area contributed by atoms with Gasteiger partial charge in [0, 0.05) is 28.8 Å². The van der Waals surface area contributed by atoms with Crippen molar-refractivity contribution in [3.8, 4) is 5.75 Å². The minimum absolute atomic E-state index is 0.0351. The van der Waals surface area contributed by atoms with E-state index in [0.29, 0.717) is 27.9 Å². The van der Waals surface area contributed by atoms with Gasteiger partial charge in [0.25, 0.3) is 0 Å². The van der Waals surface area contributed by atoms with Crippen molar-refractivity contribution >= 4 is 23.3 Å². The molecule has 0 saturated carbocycles. The molecule has 4 rings (SSSR count). The van der Waals surface area contributed by atoms with Crippen molar-refractivity contribution in [3.05, 3.63) is 75.5 Å². The summed E-state index contributed by atoms with van der Waals surface area (Å²) in [7, 11) is 1.53. The highest BCUT2D eigenvalue weighted by molar-refractivity contribution is 5.95. The van der Waals surface area contributed by atoms with Crippen LogP contribution in [0.25, 0.3) is 10.9 Å². The van der Waals surface area contributed by atoms with E-state index in [1.165, 1.54) is 11.7 Å². The third-order valence-corrected chi connectivity index (χ3v) is 6.32. The Morgan fingerprint density at radius 1 is 1.21 bits per heavy atom. The highest BCUT2D eigenvalue weighted by Crippen LogP contribution is 2.47. The molecule has 0 amide bonds. The molecule has 178 valence electrons. The lowest BCUT2D eigenvalue weighted by Crippen LogP contribution is -2.40. The van der Waals surface area contributed by atoms with E-state index in [4.69, 9.17) is 9.47 Å². The van der Waals surface area contributed by atoms with Gasteiger partial charge in [-0.2, -0.15) is 0 Å². The lowest BCUT2D eigenvalue weighted by Gasteiger charge is -2.33. The molecule has 8 heteroatoms. The Bertz CT molecular complexity index is 1240. The predicted octanol–water partition coefficient (Wildman–Crippen LogP) is 5.09. The zero-order valence-electron chi connectivity index (χ0n) is 19.7. The van der Waals surface area contributed by atoms with Crippen LogP contribution in [0.3, 0.4) is 0 Å². The second kappa shape index (κ2) is 8.93. The summed E-state index contributed by atoms with van der Waals surface area (Å²) < 4.78 is 12.6. The van der Waals surface area contributed by atoms with Gasteiger partial charge in [-0.05, 0) is 50.1 Å². The number of rotatable bonds is 5. The summed E-state index contributed by atoms with van der Waals surface area (Å²) in [6.45, 7) is 5.37. The second-order valence-corrected chi connectivity index (χ2v) is 9.57. The molecule has 1 aromatic heterocycles. The predicted molar refractivity (Wildman–Crippen MR) is 127 cm³/mol.